The highest BCUT2D eigenvalue weighted by Crippen LogP contribution is 2.14. The van der Waals surface area contributed by atoms with Crippen molar-refractivity contribution in [2.75, 3.05) is 7.11 Å². The van der Waals surface area contributed by atoms with Crippen molar-refractivity contribution in [3.8, 4) is 0 Å². The number of carbonyl (C=O) groups is 1. The highest BCUT2D eigenvalue weighted by Gasteiger charge is 2.14. The number of nitrogens with zero attached hydrogens (tertiary/aromatic N) is 1. The van der Waals surface area contributed by atoms with E-state index in [4.69, 9.17) is 11.6 Å². The van der Waals surface area contributed by atoms with E-state index in [0.717, 1.165) is 0 Å². The molecule has 0 aliphatic heterocycles. The molecular formula is C14H13ClN2O4S. The number of pyridine rings is 1. The van der Waals surface area contributed by atoms with Gasteiger partial charge in [0.2, 0.25) is 10.0 Å². The molecule has 1 aromatic heterocycles. The molecule has 6 nitrogen and oxygen atoms in total. The van der Waals surface area contributed by atoms with Crippen molar-refractivity contribution in [3.63, 3.8) is 0 Å². The molecule has 0 saturated heterocycles. The van der Waals surface area contributed by atoms with Crippen LogP contribution in [-0.2, 0) is 21.3 Å². The largest absolute Gasteiger partial charge is 0.465 e. The number of hydrogen-bond acceptors (Lipinski definition) is 5. The summed E-state index contributed by atoms with van der Waals surface area (Å²) in [6.07, 6.45) is 1.41. The first-order valence-electron chi connectivity index (χ1n) is 6.21. The smallest absolute Gasteiger partial charge is 0.337 e. The molecule has 0 fully saturated rings. The minimum absolute atomic E-state index is 0.0458. The van der Waals surface area contributed by atoms with Crippen LogP contribution in [0.1, 0.15) is 16.1 Å². The van der Waals surface area contributed by atoms with Gasteiger partial charge in [0.05, 0.1) is 29.8 Å². The van der Waals surface area contributed by atoms with Crippen LogP contribution in [0.2, 0.25) is 5.02 Å². The highest BCUT2D eigenvalue weighted by atomic mass is 35.5. The maximum atomic E-state index is 12.1. The highest BCUT2D eigenvalue weighted by molar-refractivity contribution is 7.89. The zero-order valence-electron chi connectivity index (χ0n) is 11.6. The average molecular weight is 341 g/mol. The van der Waals surface area contributed by atoms with Gasteiger partial charge in [0, 0.05) is 11.2 Å². The predicted octanol–water partition coefficient (Wildman–Crippen LogP) is 2.00. The molecule has 22 heavy (non-hydrogen) atoms. The molecule has 2 rings (SSSR count). The van der Waals surface area contributed by atoms with Crippen molar-refractivity contribution in [1.82, 2.24) is 9.71 Å². The minimum Gasteiger partial charge on any atom is -0.465 e. The van der Waals surface area contributed by atoms with E-state index >= 15 is 0 Å². The molecule has 0 saturated carbocycles. The zero-order valence-corrected chi connectivity index (χ0v) is 13.2. The molecule has 0 unspecified atom stereocenters. The van der Waals surface area contributed by atoms with Crippen LogP contribution >= 0.6 is 11.6 Å². The normalized spacial score (nSPS) is 11.2. The van der Waals surface area contributed by atoms with E-state index in [1.165, 1.54) is 49.7 Å². The molecule has 8 heteroatoms. The number of sulfonamides is 1. The van der Waals surface area contributed by atoms with Gasteiger partial charge in [0.25, 0.3) is 0 Å². The summed E-state index contributed by atoms with van der Waals surface area (Å²) in [5.41, 5.74) is 0.707. The Morgan fingerprint density at radius 2 is 1.95 bits per heavy atom. The molecule has 1 aromatic carbocycles. The third-order valence-electron chi connectivity index (χ3n) is 2.80. The van der Waals surface area contributed by atoms with E-state index in [1.54, 1.807) is 0 Å². The molecule has 1 heterocycles. The van der Waals surface area contributed by atoms with Crippen LogP contribution in [0.3, 0.4) is 0 Å². The number of ether oxygens (including phenoxy) is 1. The Kier molecular flexibility index (Phi) is 5.12. The van der Waals surface area contributed by atoms with Crippen LogP contribution in [0, 0.1) is 0 Å². The summed E-state index contributed by atoms with van der Waals surface area (Å²) in [6, 6.07) is 8.75. The van der Waals surface area contributed by atoms with Crippen molar-refractivity contribution in [3.05, 3.63) is 58.9 Å². The molecule has 116 valence electrons. The summed E-state index contributed by atoms with van der Waals surface area (Å²) in [6.45, 7) is -0.0458. The van der Waals surface area contributed by atoms with Crippen molar-refractivity contribution in [2.24, 2.45) is 0 Å². The van der Waals surface area contributed by atoms with Gasteiger partial charge < -0.3 is 4.74 Å². The van der Waals surface area contributed by atoms with Crippen molar-refractivity contribution >= 4 is 27.6 Å². The van der Waals surface area contributed by atoms with Crippen molar-refractivity contribution in [1.29, 1.82) is 0 Å². The average Bonchev–Trinajstić information content (AvgIpc) is 2.53. The lowest BCUT2D eigenvalue weighted by Gasteiger charge is -2.07. The number of rotatable bonds is 5. The fourth-order valence-electron chi connectivity index (χ4n) is 1.69. The Morgan fingerprint density at radius 1 is 1.27 bits per heavy atom. The van der Waals surface area contributed by atoms with Gasteiger partial charge in [-0.15, -0.1) is 0 Å². The summed E-state index contributed by atoms with van der Waals surface area (Å²) < 4.78 is 31.2. The number of benzene rings is 1. The lowest BCUT2D eigenvalue weighted by Crippen LogP contribution is -2.23. The molecule has 0 amide bonds. The van der Waals surface area contributed by atoms with Crippen LogP contribution in [0.15, 0.2) is 47.5 Å². The van der Waals surface area contributed by atoms with Gasteiger partial charge in [-0.2, -0.15) is 0 Å². The summed E-state index contributed by atoms with van der Waals surface area (Å²) in [4.78, 5) is 15.5. The number of halogens is 1. The van der Waals surface area contributed by atoms with E-state index in [1.807, 2.05) is 0 Å². The molecular weight excluding hydrogens is 328 g/mol. The Bertz CT molecular complexity index is 776. The number of carbonyl (C=O) groups excluding carboxylic acids is 1. The molecule has 1 N–H and O–H groups in total. The first-order valence-corrected chi connectivity index (χ1v) is 8.07. The lowest BCUT2D eigenvalue weighted by atomic mass is 10.2. The lowest BCUT2D eigenvalue weighted by molar-refractivity contribution is 0.0600. The molecule has 0 atom stereocenters. The van der Waals surface area contributed by atoms with Gasteiger partial charge in [-0.05, 0) is 36.4 Å². The Balaban J connectivity index is 2.12. The summed E-state index contributed by atoms with van der Waals surface area (Å²) in [7, 11) is -2.41. The van der Waals surface area contributed by atoms with E-state index in [9.17, 15) is 13.2 Å². The minimum atomic E-state index is -3.68. The predicted molar refractivity (Wildman–Crippen MR) is 81.1 cm³/mol. The van der Waals surface area contributed by atoms with E-state index < -0.39 is 16.0 Å². The van der Waals surface area contributed by atoms with Crippen LogP contribution in [0.5, 0.6) is 0 Å². The molecule has 0 spiro atoms. The van der Waals surface area contributed by atoms with E-state index in [2.05, 4.69) is 14.4 Å². The standard InChI is InChI=1S/C14H13ClN2O4S/c1-21-14(18)10-6-7-16-12(8-10)9-17-22(19,20)13-4-2-11(15)3-5-13/h2-8,17H,9H2,1H3. The van der Waals surface area contributed by atoms with Crippen LogP contribution in [0.4, 0.5) is 0 Å². The number of nitrogens with one attached hydrogen (secondary N) is 1. The van der Waals surface area contributed by atoms with Crippen molar-refractivity contribution in [2.45, 2.75) is 11.4 Å². The zero-order chi connectivity index (χ0) is 16.2. The summed E-state index contributed by atoms with van der Waals surface area (Å²) in [5, 5.41) is 0.450. The molecule has 0 aliphatic rings. The molecule has 0 bridgehead atoms. The Morgan fingerprint density at radius 3 is 2.59 bits per heavy atom. The fraction of sp³-hybridized carbons (Fsp3) is 0.143. The van der Waals surface area contributed by atoms with Gasteiger partial charge in [-0.3, -0.25) is 4.98 Å². The van der Waals surface area contributed by atoms with Crippen LogP contribution in [-0.4, -0.2) is 26.5 Å². The Hall–Kier alpha value is -1.96. The van der Waals surface area contributed by atoms with Gasteiger partial charge in [-0.25, -0.2) is 17.9 Å². The SMILES string of the molecule is COC(=O)c1ccnc(CNS(=O)(=O)c2ccc(Cl)cc2)c1. The Labute approximate surface area is 133 Å². The van der Waals surface area contributed by atoms with E-state index in [-0.39, 0.29) is 11.4 Å². The summed E-state index contributed by atoms with van der Waals surface area (Å²) >= 11 is 5.73. The van der Waals surface area contributed by atoms with Crippen molar-refractivity contribution < 1.29 is 17.9 Å². The third-order valence-corrected chi connectivity index (χ3v) is 4.47. The topological polar surface area (TPSA) is 85.4 Å². The number of esters is 1. The van der Waals surface area contributed by atoms with Gasteiger partial charge in [0.15, 0.2) is 0 Å². The van der Waals surface area contributed by atoms with Crippen LogP contribution < -0.4 is 4.72 Å². The monoisotopic (exact) mass is 340 g/mol. The third kappa shape index (κ3) is 4.03. The maximum absolute atomic E-state index is 12.1. The quantitative estimate of drug-likeness (QED) is 0.841. The first-order chi connectivity index (χ1) is 10.4. The van der Waals surface area contributed by atoms with Gasteiger partial charge in [-0.1, -0.05) is 11.6 Å². The van der Waals surface area contributed by atoms with E-state index in [0.29, 0.717) is 16.3 Å². The number of methoxy groups -OCH3 is 1. The maximum Gasteiger partial charge on any atom is 0.337 e. The van der Waals surface area contributed by atoms with Gasteiger partial charge in [0.1, 0.15) is 0 Å². The number of hydrogen-bond donors (Lipinski definition) is 1. The molecule has 0 aliphatic carbocycles. The number of aromatic nitrogens is 1. The second kappa shape index (κ2) is 6.87. The molecule has 0 radical (unpaired) electrons. The second-order valence-corrected chi connectivity index (χ2v) is 6.51. The second-order valence-electron chi connectivity index (χ2n) is 4.31. The fourth-order valence-corrected chi connectivity index (χ4v) is 2.81. The molecule has 2 aromatic rings. The first kappa shape index (κ1) is 16.4. The summed E-state index contributed by atoms with van der Waals surface area (Å²) in [5.74, 6) is -0.510. The van der Waals surface area contributed by atoms with Gasteiger partial charge >= 0.3 is 5.97 Å². The van der Waals surface area contributed by atoms with Crippen LogP contribution in [0.25, 0.3) is 0 Å².